The van der Waals surface area contributed by atoms with Crippen LogP contribution in [-0.4, -0.2) is 18.4 Å². The Balaban J connectivity index is 1.85. The number of nitrogens with zero attached hydrogens (tertiary/aromatic N) is 1. The third kappa shape index (κ3) is 6.17. The van der Waals surface area contributed by atoms with Crippen LogP contribution in [0.2, 0.25) is 0 Å². The van der Waals surface area contributed by atoms with Crippen LogP contribution < -0.4 is 4.74 Å². The summed E-state index contributed by atoms with van der Waals surface area (Å²) in [7, 11) is 0. The maximum atomic E-state index is 6.75. The topological polar surface area (TPSA) is 21.6 Å². The first-order valence-electron chi connectivity index (χ1n) is 13.1. The van der Waals surface area contributed by atoms with Crippen LogP contribution in [0.25, 0.3) is 22.3 Å². The van der Waals surface area contributed by atoms with E-state index in [1.807, 2.05) is 0 Å². The van der Waals surface area contributed by atoms with E-state index < -0.39 is 0 Å². The Morgan fingerprint density at radius 2 is 1.24 bits per heavy atom. The number of ether oxygens (including phenoxy) is 1. The molecule has 178 valence electrons. The van der Waals surface area contributed by atoms with E-state index in [0.717, 1.165) is 16.9 Å². The zero-order chi connectivity index (χ0) is 23.8. The molecule has 0 bridgehead atoms. The predicted octanol–water partition coefficient (Wildman–Crippen LogP) is 8.98. The van der Waals surface area contributed by atoms with E-state index in [9.17, 15) is 0 Å². The van der Waals surface area contributed by atoms with Crippen LogP contribution >= 0.6 is 0 Å². The van der Waals surface area contributed by atoms with Gasteiger partial charge < -0.3 is 4.74 Å². The SMILES string of the molecule is CC(C)C(C)Oc1c(-c2ccccc2)ccc(-c2ccccc2)c1/C=N/C1CCCCCCC1. The summed E-state index contributed by atoms with van der Waals surface area (Å²) in [5, 5.41) is 0. The molecule has 4 rings (SSSR count). The Labute approximate surface area is 206 Å². The Kier molecular flexibility index (Phi) is 8.57. The normalized spacial score (nSPS) is 16.4. The Morgan fingerprint density at radius 1 is 0.706 bits per heavy atom. The molecular formula is C32H39NO. The van der Waals surface area contributed by atoms with Crippen LogP contribution in [0.4, 0.5) is 0 Å². The van der Waals surface area contributed by atoms with Crippen molar-refractivity contribution in [2.75, 3.05) is 0 Å². The highest BCUT2D eigenvalue weighted by molar-refractivity contribution is 5.97. The molecule has 2 heteroatoms. The van der Waals surface area contributed by atoms with Gasteiger partial charge in [0.05, 0.1) is 6.10 Å². The van der Waals surface area contributed by atoms with Crippen molar-refractivity contribution in [1.82, 2.24) is 0 Å². The van der Waals surface area contributed by atoms with Crippen molar-refractivity contribution >= 4 is 6.21 Å². The first-order valence-corrected chi connectivity index (χ1v) is 13.1. The Bertz CT molecular complexity index is 1050. The molecule has 0 aliphatic heterocycles. The smallest absolute Gasteiger partial charge is 0.136 e. The molecule has 0 amide bonds. The van der Waals surface area contributed by atoms with Crippen LogP contribution in [0.3, 0.4) is 0 Å². The summed E-state index contributed by atoms with van der Waals surface area (Å²) in [6.07, 6.45) is 11.2. The van der Waals surface area contributed by atoms with Crippen LogP contribution in [0.1, 0.15) is 71.3 Å². The third-order valence-corrected chi connectivity index (χ3v) is 7.10. The Hall–Kier alpha value is -2.87. The second kappa shape index (κ2) is 12.0. The summed E-state index contributed by atoms with van der Waals surface area (Å²) in [6.45, 7) is 6.61. The molecule has 0 saturated heterocycles. The van der Waals surface area contributed by atoms with Gasteiger partial charge in [0.2, 0.25) is 0 Å². The zero-order valence-corrected chi connectivity index (χ0v) is 21.0. The lowest BCUT2D eigenvalue weighted by atomic mass is 9.93. The first kappa shape index (κ1) is 24.3. The van der Waals surface area contributed by atoms with Crippen LogP contribution in [-0.2, 0) is 0 Å². The van der Waals surface area contributed by atoms with E-state index in [1.54, 1.807) is 0 Å². The average Bonchev–Trinajstić information content (AvgIpc) is 2.84. The Morgan fingerprint density at radius 3 is 1.82 bits per heavy atom. The van der Waals surface area contributed by atoms with E-state index in [1.165, 1.54) is 61.6 Å². The van der Waals surface area contributed by atoms with E-state index in [0.29, 0.717) is 12.0 Å². The fraction of sp³-hybridized carbons (Fsp3) is 0.406. The van der Waals surface area contributed by atoms with Crippen molar-refractivity contribution in [3.05, 3.63) is 78.4 Å². The van der Waals surface area contributed by atoms with Crippen molar-refractivity contribution in [3.8, 4) is 28.0 Å². The van der Waals surface area contributed by atoms with Gasteiger partial charge in [0.1, 0.15) is 5.75 Å². The van der Waals surface area contributed by atoms with Crippen LogP contribution in [0, 0.1) is 5.92 Å². The third-order valence-electron chi connectivity index (χ3n) is 7.10. The van der Waals surface area contributed by atoms with Crippen molar-refractivity contribution in [1.29, 1.82) is 0 Å². The fourth-order valence-electron chi connectivity index (χ4n) is 4.65. The molecule has 1 aliphatic rings. The van der Waals surface area contributed by atoms with Gasteiger partial charge in [0.15, 0.2) is 0 Å². The molecular weight excluding hydrogens is 414 g/mol. The van der Waals surface area contributed by atoms with Gasteiger partial charge in [-0.3, -0.25) is 4.99 Å². The summed E-state index contributed by atoms with van der Waals surface area (Å²) < 4.78 is 6.75. The highest BCUT2D eigenvalue weighted by Gasteiger charge is 2.20. The van der Waals surface area contributed by atoms with Crippen LogP contribution in [0.15, 0.2) is 77.8 Å². The molecule has 0 spiro atoms. The van der Waals surface area contributed by atoms with Gasteiger partial charge in [-0.1, -0.05) is 113 Å². The monoisotopic (exact) mass is 453 g/mol. The molecule has 1 fully saturated rings. The molecule has 2 nitrogen and oxygen atoms in total. The zero-order valence-electron chi connectivity index (χ0n) is 21.0. The van der Waals surface area contributed by atoms with Crippen LogP contribution in [0.5, 0.6) is 5.75 Å². The second-order valence-corrected chi connectivity index (χ2v) is 9.98. The van der Waals surface area contributed by atoms with E-state index in [4.69, 9.17) is 9.73 Å². The molecule has 1 aliphatic carbocycles. The summed E-state index contributed by atoms with van der Waals surface area (Å²) in [6, 6.07) is 26.1. The minimum absolute atomic E-state index is 0.0991. The molecule has 0 radical (unpaired) electrons. The molecule has 1 atom stereocenters. The van der Waals surface area contributed by atoms with Gasteiger partial charge in [-0.25, -0.2) is 0 Å². The standard InChI is InChI=1S/C32H39NO/c1-24(2)25(3)34-32-30(27-17-11-8-12-18-27)22-21-29(26-15-9-7-10-16-26)31(32)23-33-28-19-13-5-4-6-14-20-28/h7-12,15-18,21-25,28H,4-6,13-14,19-20H2,1-3H3/b33-23+. The van der Waals surface area contributed by atoms with Crippen molar-refractivity contribution in [2.24, 2.45) is 10.9 Å². The average molecular weight is 454 g/mol. The number of rotatable bonds is 7. The lowest BCUT2D eigenvalue weighted by Crippen LogP contribution is -2.20. The quantitative estimate of drug-likeness (QED) is 0.327. The fourth-order valence-corrected chi connectivity index (χ4v) is 4.65. The molecule has 1 saturated carbocycles. The molecule has 0 N–H and O–H groups in total. The number of hydrogen-bond acceptors (Lipinski definition) is 2. The molecule has 1 unspecified atom stereocenters. The first-order chi connectivity index (χ1) is 16.6. The number of benzene rings is 3. The molecule has 3 aromatic rings. The highest BCUT2D eigenvalue weighted by atomic mass is 16.5. The molecule has 34 heavy (non-hydrogen) atoms. The maximum absolute atomic E-state index is 6.75. The second-order valence-electron chi connectivity index (χ2n) is 9.98. The highest BCUT2D eigenvalue weighted by Crippen LogP contribution is 2.39. The molecule has 0 heterocycles. The van der Waals surface area contributed by atoms with Gasteiger partial charge in [0.25, 0.3) is 0 Å². The minimum Gasteiger partial charge on any atom is -0.489 e. The largest absolute Gasteiger partial charge is 0.489 e. The maximum Gasteiger partial charge on any atom is 0.136 e. The number of aliphatic imine (C=N–C) groups is 1. The summed E-state index contributed by atoms with van der Waals surface area (Å²) >= 11 is 0. The van der Waals surface area contributed by atoms with Gasteiger partial charge in [-0.05, 0) is 48.4 Å². The molecule has 3 aromatic carbocycles. The molecule has 0 aromatic heterocycles. The lowest BCUT2D eigenvalue weighted by Gasteiger charge is -2.24. The summed E-state index contributed by atoms with van der Waals surface area (Å²) in [5.41, 5.74) is 5.78. The van der Waals surface area contributed by atoms with Gasteiger partial charge >= 0.3 is 0 Å². The number of hydrogen-bond donors (Lipinski definition) is 0. The van der Waals surface area contributed by atoms with Gasteiger partial charge in [-0.15, -0.1) is 0 Å². The summed E-state index contributed by atoms with van der Waals surface area (Å²) in [4.78, 5) is 5.18. The lowest BCUT2D eigenvalue weighted by molar-refractivity contribution is 0.171. The van der Waals surface area contributed by atoms with Gasteiger partial charge in [-0.2, -0.15) is 0 Å². The minimum atomic E-state index is 0.0991. The van der Waals surface area contributed by atoms with E-state index in [-0.39, 0.29) is 6.10 Å². The van der Waals surface area contributed by atoms with E-state index >= 15 is 0 Å². The summed E-state index contributed by atoms with van der Waals surface area (Å²) in [5.74, 6) is 1.36. The predicted molar refractivity (Wildman–Crippen MR) is 146 cm³/mol. The van der Waals surface area contributed by atoms with Crippen molar-refractivity contribution < 1.29 is 4.74 Å². The van der Waals surface area contributed by atoms with Crippen molar-refractivity contribution in [2.45, 2.75) is 77.9 Å². The van der Waals surface area contributed by atoms with E-state index in [2.05, 4.69) is 99.8 Å². The van der Waals surface area contributed by atoms with Crippen molar-refractivity contribution in [3.63, 3.8) is 0 Å². The van der Waals surface area contributed by atoms with Gasteiger partial charge in [0, 0.05) is 23.4 Å².